The summed E-state index contributed by atoms with van der Waals surface area (Å²) >= 11 is 6.49. The molecule has 0 spiro atoms. The smallest absolute Gasteiger partial charge is 0.319 e. The van der Waals surface area contributed by atoms with Crippen LogP contribution in [0.3, 0.4) is 0 Å². The number of anilines is 1. The molecule has 0 bridgehead atoms. The molecule has 2 aliphatic heterocycles. The van der Waals surface area contributed by atoms with Crippen LogP contribution in [-0.2, 0) is 11.3 Å². The third-order valence-corrected chi connectivity index (χ3v) is 7.52. The summed E-state index contributed by atoms with van der Waals surface area (Å²) in [5.41, 5.74) is 1.80. The lowest BCUT2D eigenvalue weighted by Crippen LogP contribution is -2.37. The van der Waals surface area contributed by atoms with Gasteiger partial charge in [-0.05, 0) is 42.3 Å². The first-order valence-electron chi connectivity index (χ1n) is 14.4. The lowest BCUT2D eigenvalue weighted by atomic mass is 10.1. The lowest BCUT2D eigenvalue weighted by Gasteiger charge is -2.26. The molecule has 1 saturated heterocycles. The average Bonchev–Trinajstić information content (AvgIpc) is 3.04. The normalized spacial score (nSPS) is 14.7. The molecule has 10 nitrogen and oxygen atoms in total. The summed E-state index contributed by atoms with van der Waals surface area (Å²) in [6, 6.07) is 14.0. The van der Waals surface area contributed by atoms with Crippen molar-refractivity contribution < 1.29 is 32.9 Å². The van der Waals surface area contributed by atoms with E-state index in [0.29, 0.717) is 65.2 Å². The number of amides is 2. The lowest BCUT2D eigenvalue weighted by molar-refractivity contribution is 0.0357. The van der Waals surface area contributed by atoms with Gasteiger partial charge in [0.2, 0.25) is 5.75 Å². The standard InChI is InChI=1S/C32H32ClFN4O6/c33-24-18-23(6-7-25(24)37-32(39)36-20-21-2-4-22(34)5-3-21)44-27-8-9-35-26-19-28(30-31(29(26)27)43-17-16-42-30)41-13-1-10-38-11-14-40-15-12-38/h2-9,18-19H,1,10-17,20H2,(H2,36,37,39). The van der Waals surface area contributed by atoms with Gasteiger partial charge in [0.25, 0.3) is 0 Å². The van der Waals surface area contributed by atoms with Crippen molar-refractivity contribution in [1.29, 1.82) is 0 Å². The van der Waals surface area contributed by atoms with Crippen molar-refractivity contribution in [3.05, 3.63) is 77.2 Å². The molecule has 2 amide bonds. The molecular formula is C32H32ClFN4O6. The molecule has 1 fully saturated rings. The summed E-state index contributed by atoms with van der Waals surface area (Å²) in [6.45, 7) is 5.89. The van der Waals surface area contributed by atoms with Crippen molar-refractivity contribution in [2.24, 2.45) is 0 Å². The predicted octanol–water partition coefficient (Wildman–Crippen LogP) is 6.01. The molecule has 1 aromatic heterocycles. The Kier molecular flexibility index (Phi) is 9.45. The van der Waals surface area contributed by atoms with E-state index in [2.05, 4.69) is 20.5 Å². The fourth-order valence-corrected chi connectivity index (χ4v) is 5.22. The van der Waals surface area contributed by atoms with Gasteiger partial charge in [0.05, 0.1) is 41.4 Å². The van der Waals surface area contributed by atoms with Crippen molar-refractivity contribution in [2.75, 3.05) is 58.0 Å². The molecule has 3 heterocycles. The molecule has 4 aromatic rings. The highest BCUT2D eigenvalue weighted by molar-refractivity contribution is 6.33. The molecule has 12 heteroatoms. The van der Waals surface area contributed by atoms with Crippen LogP contribution in [0.2, 0.25) is 5.02 Å². The summed E-state index contributed by atoms with van der Waals surface area (Å²) in [6.07, 6.45) is 2.52. The van der Waals surface area contributed by atoms with E-state index in [1.807, 2.05) is 6.07 Å². The van der Waals surface area contributed by atoms with Crippen molar-refractivity contribution in [3.8, 4) is 28.7 Å². The van der Waals surface area contributed by atoms with Crippen molar-refractivity contribution in [1.82, 2.24) is 15.2 Å². The first-order chi connectivity index (χ1) is 21.5. The number of fused-ring (bicyclic) bond motifs is 3. The first kappa shape index (κ1) is 29.7. The van der Waals surface area contributed by atoms with E-state index < -0.39 is 6.03 Å². The predicted molar refractivity (Wildman–Crippen MR) is 164 cm³/mol. The van der Waals surface area contributed by atoms with Crippen LogP contribution in [-0.4, -0.2) is 68.6 Å². The number of halogens is 2. The fourth-order valence-electron chi connectivity index (χ4n) is 5.00. The van der Waals surface area contributed by atoms with E-state index in [9.17, 15) is 9.18 Å². The molecule has 2 aliphatic rings. The van der Waals surface area contributed by atoms with Gasteiger partial charge < -0.3 is 34.3 Å². The Morgan fingerprint density at radius 3 is 2.57 bits per heavy atom. The van der Waals surface area contributed by atoms with Crippen LogP contribution in [0, 0.1) is 5.82 Å². The second kappa shape index (κ2) is 14.0. The third kappa shape index (κ3) is 7.24. The second-order valence-corrected chi connectivity index (χ2v) is 10.7. The monoisotopic (exact) mass is 622 g/mol. The highest BCUT2D eigenvalue weighted by Crippen LogP contribution is 2.48. The van der Waals surface area contributed by atoms with Crippen molar-refractivity contribution in [2.45, 2.75) is 13.0 Å². The molecular weight excluding hydrogens is 591 g/mol. The van der Waals surface area contributed by atoms with E-state index in [1.165, 1.54) is 12.1 Å². The molecule has 0 unspecified atom stereocenters. The maximum Gasteiger partial charge on any atom is 0.319 e. The van der Waals surface area contributed by atoms with Crippen LogP contribution in [0.1, 0.15) is 12.0 Å². The number of nitrogens with zero attached hydrogens (tertiary/aromatic N) is 2. The van der Waals surface area contributed by atoms with Crippen molar-refractivity contribution >= 4 is 34.2 Å². The molecule has 0 radical (unpaired) electrons. The zero-order valence-electron chi connectivity index (χ0n) is 23.9. The Balaban J connectivity index is 1.13. The zero-order chi connectivity index (χ0) is 30.3. The Morgan fingerprint density at radius 2 is 1.77 bits per heavy atom. The van der Waals surface area contributed by atoms with Gasteiger partial charge >= 0.3 is 6.03 Å². The number of rotatable bonds is 10. The van der Waals surface area contributed by atoms with Gasteiger partial charge in [-0.3, -0.25) is 9.88 Å². The second-order valence-electron chi connectivity index (χ2n) is 10.3. The van der Waals surface area contributed by atoms with Gasteiger partial charge in [-0.1, -0.05) is 23.7 Å². The minimum atomic E-state index is -0.451. The minimum absolute atomic E-state index is 0.233. The van der Waals surface area contributed by atoms with E-state index in [-0.39, 0.29) is 17.4 Å². The highest BCUT2D eigenvalue weighted by atomic mass is 35.5. The number of nitrogens with one attached hydrogen (secondary N) is 2. The van der Waals surface area contributed by atoms with Gasteiger partial charge in [0, 0.05) is 44.5 Å². The van der Waals surface area contributed by atoms with Gasteiger partial charge in [-0.2, -0.15) is 0 Å². The average molecular weight is 623 g/mol. The number of aromatic nitrogens is 1. The van der Waals surface area contributed by atoms with E-state index in [0.717, 1.165) is 44.8 Å². The number of benzene rings is 3. The van der Waals surface area contributed by atoms with Gasteiger partial charge in [0.1, 0.15) is 30.5 Å². The molecule has 6 rings (SSSR count). The number of ether oxygens (including phenoxy) is 5. The van der Waals surface area contributed by atoms with Gasteiger partial charge in [-0.25, -0.2) is 9.18 Å². The molecule has 0 atom stereocenters. The Bertz CT molecular complexity index is 1620. The molecule has 230 valence electrons. The van der Waals surface area contributed by atoms with Crippen LogP contribution in [0.15, 0.2) is 60.8 Å². The third-order valence-electron chi connectivity index (χ3n) is 7.21. The molecule has 3 aromatic carbocycles. The summed E-state index contributed by atoms with van der Waals surface area (Å²) in [5, 5.41) is 6.38. The van der Waals surface area contributed by atoms with Crippen LogP contribution >= 0.6 is 11.6 Å². The van der Waals surface area contributed by atoms with E-state index in [4.69, 9.17) is 35.3 Å². The summed E-state index contributed by atoms with van der Waals surface area (Å²) < 4.78 is 43.0. The fraction of sp³-hybridized carbons (Fsp3) is 0.312. The van der Waals surface area contributed by atoms with Gasteiger partial charge in [0.15, 0.2) is 11.5 Å². The summed E-state index contributed by atoms with van der Waals surface area (Å²) in [4.78, 5) is 19.3. The van der Waals surface area contributed by atoms with Crippen molar-refractivity contribution in [3.63, 3.8) is 0 Å². The quantitative estimate of drug-likeness (QED) is 0.207. The summed E-state index contributed by atoms with van der Waals surface area (Å²) in [5.74, 6) is 2.24. The topological polar surface area (TPSA) is 103 Å². The van der Waals surface area contributed by atoms with Crippen LogP contribution in [0.25, 0.3) is 10.9 Å². The zero-order valence-corrected chi connectivity index (χ0v) is 24.7. The Hall–Kier alpha value is -4.32. The van der Waals surface area contributed by atoms with Crippen LogP contribution in [0.5, 0.6) is 28.7 Å². The maximum absolute atomic E-state index is 13.1. The molecule has 0 saturated carbocycles. The number of morpholine rings is 1. The summed E-state index contributed by atoms with van der Waals surface area (Å²) in [7, 11) is 0. The Morgan fingerprint density at radius 1 is 0.977 bits per heavy atom. The van der Waals surface area contributed by atoms with Gasteiger partial charge in [-0.15, -0.1) is 0 Å². The van der Waals surface area contributed by atoms with E-state index >= 15 is 0 Å². The van der Waals surface area contributed by atoms with E-state index in [1.54, 1.807) is 42.6 Å². The Labute approximate surface area is 259 Å². The molecule has 0 aliphatic carbocycles. The number of pyridine rings is 1. The number of hydrogen-bond acceptors (Lipinski definition) is 8. The molecule has 44 heavy (non-hydrogen) atoms. The number of carbonyl (C=O) groups is 1. The minimum Gasteiger partial charge on any atom is -0.489 e. The largest absolute Gasteiger partial charge is 0.489 e. The van der Waals surface area contributed by atoms with Crippen LogP contribution in [0.4, 0.5) is 14.9 Å². The number of hydrogen-bond donors (Lipinski definition) is 2. The maximum atomic E-state index is 13.1. The number of urea groups is 1. The SMILES string of the molecule is O=C(NCc1ccc(F)cc1)Nc1ccc(Oc2ccnc3cc(OCCCN4CCOCC4)c4c(c23)OCCO4)cc1Cl. The first-order valence-corrected chi connectivity index (χ1v) is 14.8. The number of carbonyl (C=O) groups excluding carboxylic acids is 1. The van der Waals surface area contributed by atoms with Crippen LogP contribution < -0.4 is 29.6 Å². The molecule has 2 N–H and O–H groups in total. The highest BCUT2D eigenvalue weighted by Gasteiger charge is 2.25.